The van der Waals surface area contributed by atoms with Crippen molar-refractivity contribution in [1.82, 2.24) is 15.2 Å². The Balaban J connectivity index is 1.43. The first-order chi connectivity index (χ1) is 15.7. The number of aryl methyl sites for hydroxylation is 1. The van der Waals surface area contributed by atoms with E-state index in [0.717, 1.165) is 63.0 Å². The van der Waals surface area contributed by atoms with Gasteiger partial charge in [0.1, 0.15) is 17.4 Å². The molecule has 1 saturated heterocycles. The van der Waals surface area contributed by atoms with E-state index in [1.165, 1.54) is 23.8 Å². The molecule has 1 amide bonds. The van der Waals surface area contributed by atoms with E-state index in [-0.39, 0.29) is 12.0 Å². The highest BCUT2D eigenvalue weighted by Gasteiger charge is 2.21. The molecule has 1 N–H and O–H groups in total. The molecular weight excluding hydrogens is 402 g/mol. The van der Waals surface area contributed by atoms with E-state index < -0.39 is 0 Å². The number of hydrogen-bond donors (Lipinski definition) is 1. The minimum absolute atomic E-state index is 0.121. The number of ether oxygens (including phenoxy) is 2. The van der Waals surface area contributed by atoms with E-state index in [1.807, 2.05) is 12.3 Å². The SMILES string of the molecule is CCCCc1cc(OC2CCN(CCCCC(=O)NCCOC)CC2)c2ncccc2c1. The van der Waals surface area contributed by atoms with Crippen LogP contribution in [0.5, 0.6) is 5.75 Å². The molecular formula is C26H39N3O3. The summed E-state index contributed by atoms with van der Waals surface area (Å²) in [6.07, 6.45) is 10.2. The maximum absolute atomic E-state index is 11.8. The first-order valence-electron chi connectivity index (χ1n) is 12.2. The summed E-state index contributed by atoms with van der Waals surface area (Å²) in [5.41, 5.74) is 2.31. The third kappa shape index (κ3) is 7.75. The number of unbranched alkanes of at least 4 members (excludes halogenated alkanes) is 2. The molecule has 1 aliphatic heterocycles. The van der Waals surface area contributed by atoms with Crippen LogP contribution in [0.3, 0.4) is 0 Å². The van der Waals surface area contributed by atoms with Gasteiger partial charge in [-0.3, -0.25) is 9.78 Å². The van der Waals surface area contributed by atoms with Crippen LogP contribution >= 0.6 is 0 Å². The van der Waals surface area contributed by atoms with Crippen LogP contribution < -0.4 is 10.1 Å². The second-order valence-electron chi connectivity index (χ2n) is 8.73. The number of nitrogens with one attached hydrogen (secondary N) is 1. The first-order valence-corrected chi connectivity index (χ1v) is 12.2. The first kappa shape index (κ1) is 24.5. The van der Waals surface area contributed by atoms with Gasteiger partial charge in [-0.2, -0.15) is 0 Å². The molecule has 3 rings (SSSR count). The Bertz CT molecular complexity index is 834. The molecule has 2 aromatic rings. The van der Waals surface area contributed by atoms with Gasteiger partial charge in [-0.05, 0) is 68.8 Å². The van der Waals surface area contributed by atoms with Crippen LogP contribution in [0.1, 0.15) is 57.4 Å². The standard InChI is InChI=1S/C26H39N3O3/c1-3-4-8-21-19-22-9-7-13-28-26(22)24(20-21)32-23-11-16-29(17-12-23)15-6-5-10-25(30)27-14-18-31-2/h7,9,13,19-20,23H,3-6,8,10-12,14-18H2,1-2H3,(H,27,30). The summed E-state index contributed by atoms with van der Waals surface area (Å²) in [4.78, 5) is 18.9. The molecule has 6 heteroatoms. The summed E-state index contributed by atoms with van der Waals surface area (Å²) >= 11 is 0. The zero-order valence-corrected chi connectivity index (χ0v) is 19.8. The van der Waals surface area contributed by atoms with Crippen molar-refractivity contribution in [3.8, 4) is 5.75 Å². The molecule has 1 aliphatic rings. The number of rotatable bonds is 13. The number of nitrogens with zero attached hydrogens (tertiary/aromatic N) is 2. The maximum Gasteiger partial charge on any atom is 0.220 e. The van der Waals surface area contributed by atoms with E-state index >= 15 is 0 Å². The quantitative estimate of drug-likeness (QED) is 0.468. The zero-order valence-electron chi connectivity index (χ0n) is 19.8. The number of methoxy groups -OCH3 is 1. The smallest absolute Gasteiger partial charge is 0.220 e. The van der Waals surface area contributed by atoms with Gasteiger partial charge in [0.2, 0.25) is 5.91 Å². The molecule has 1 aromatic heterocycles. The molecule has 0 atom stereocenters. The Morgan fingerprint density at radius 1 is 1.22 bits per heavy atom. The largest absolute Gasteiger partial charge is 0.488 e. The average molecular weight is 442 g/mol. The van der Waals surface area contributed by atoms with Gasteiger partial charge in [0.15, 0.2) is 0 Å². The van der Waals surface area contributed by atoms with Crippen molar-refractivity contribution >= 4 is 16.8 Å². The number of likely N-dealkylation sites (tertiary alicyclic amines) is 1. The van der Waals surface area contributed by atoms with Gasteiger partial charge in [0.05, 0.1) is 6.61 Å². The third-order valence-corrected chi connectivity index (χ3v) is 6.13. The fraction of sp³-hybridized carbons (Fsp3) is 0.615. The third-order valence-electron chi connectivity index (χ3n) is 6.13. The van der Waals surface area contributed by atoms with Crippen LogP contribution in [-0.4, -0.2) is 61.8 Å². The molecule has 1 aromatic carbocycles. The number of carbonyl (C=O) groups is 1. The van der Waals surface area contributed by atoms with Crippen molar-refractivity contribution in [2.45, 2.75) is 64.4 Å². The number of hydrogen-bond acceptors (Lipinski definition) is 5. The number of fused-ring (bicyclic) bond motifs is 1. The fourth-order valence-corrected chi connectivity index (χ4v) is 4.27. The summed E-state index contributed by atoms with van der Waals surface area (Å²) in [6, 6.07) is 8.59. The Morgan fingerprint density at radius 2 is 2.06 bits per heavy atom. The van der Waals surface area contributed by atoms with Crippen molar-refractivity contribution in [2.75, 3.05) is 39.9 Å². The molecule has 0 saturated carbocycles. The monoisotopic (exact) mass is 441 g/mol. The lowest BCUT2D eigenvalue weighted by atomic mass is 10.0. The highest BCUT2D eigenvalue weighted by atomic mass is 16.5. The molecule has 1 fully saturated rings. The molecule has 0 spiro atoms. The van der Waals surface area contributed by atoms with Gasteiger partial charge in [-0.1, -0.05) is 19.4 Å². The second kappa shape index (κ2) is 13.4. The van der Waals surface area contributed by atoms with Crippen molar-refractivity contribution in [3.05, 3.63) is 36.0 Å². The van der Waals surface area contributed by atoms with E-state index in [0.29, 0.717) is 19.6 Å². The van der Waals surface area contributed by atoms with Gasteiger partial charge in [0.25, 0.3) is 0 Å². The lowest BCUT2D eigenvalue weighted by molar-refractivity contribution is -0.121. The number of pyridine rings is 1. The lowest BCUT2D eigenvalue weighted by Crippen LogP contribution is -2.38. The lowest BCUT2D eigenvalue weighted by Gasteiger charge is -2.32. The van der Waals surface area contributed by atoms with Gasteiger partial charge in [-0.15, -0.1) is 0 Å². The van der Waals surface area contributed by atoms with Gasteiger partial charge in [-0.25, -0.2) is 0 Å². The van der Waals surface area contributed by atoms with Gasteiger partial charge in [0, 0.05) is 44.7 Å². The Kier molecular flexibility index (Phi) is 10.2. The molecule has 0 radical (unpaired) electrons. The summed E-state index contributed by atoms with van der Waals surface area (Å²) in [7, 11) is 1.64. The Labute approximate surface area is 192 Å². The van der Waals surface area contributed by atoms with Crippen LogP contribution in [0.15, 0.2) is 30.5 Å². The summed E-state index contributed by atoms with van der Waals surface area (Å²) in [5.74, 6) is 1.06. The van der Waals surface area contributed by atoms with E-state index in [2.05, 4.69) is 40.3 Å². The summed E-state index contributed by atoms with van der Waals surface area (Å²) < 4.78 is 11.4. The number of carbonyl (C=O) groups excluding carboxylic acids is 1. The molecule has 6 nitrogen and oxygen atoms in total. The van der Waals surface area contributed by atoms with Crippen molar-refractivity contribution in [1.29, 1.82) is 0 Å². The van der Waals surface area contributed by atoms with Crippen LogP contribution in [0.25, 0.3) is 10.9 Å². The predicted molar refractivity (Wildman–Crippen MR) is 129 cm³/mol. The van der Waals surface area contributed by atoms with Gasteiger partial charge >= 0.3 is 0 Å². The van der Waals surface area contributed by atoms with E-state index in [9.17, 15) is 4.79 Å². The second-order valence-corrected chi connectivity index (χ2v) is 8.73. The van der Waals surface area contributed by atoms with E-state index in [1.54, 1.807) is 7.11 Å². The number of benzene rings is 1. The van der Waals surface area contributed by atoms with Crippen LogP contribution in [0, 0.1) is 0 Å². The van der Waals surface area contributed by atoms with Crippen LogP contribution in [0.2, 0.25) is 0 Å². The van der Waals surface area contributed by atoms with E-state index in [4.69, 9.17) is 9.47 Å². The maximum atomic E-state index is 11.8. The minimum Gasteiger partial charge on any atom is -0.488 e. The van der Waals surface area contributed by atoms with Crippen molar-refractivity contribution in [2.24, 2.45) is 0 Å². The zero-order chi connectivity index (χ0) is 22.6. The molecule has 176 valence electrons. The molecule has 32 heavy (non-hydrogen) atoms. The average Bonchev–Trinajstić information content (AvgIpc) is 2.82. The Hall–Kier alpha value is -2.18. The van der Waals surface area contributed by atoms with Crippen molar-refractivity contribution in [3.63, 3.8) is 0 Å². The molecule has 2 heterocycles. The molecule has 0 unspecified atom stereocenters. The van der Waals surface area contributed by atoms with Crippen LogP contribution in [0.4, 0.5) is 0 Å². The number of amides is 1. The highest BCUT2D eigenvalue weighted by Crippen LogP contribution is 2.29. The predicted octanol–water partition coefficient (Wildman–Crippen LogP) is 4.35. The fourth-order valence-electron chi connectivity index (χ4n) is 4.27. The number of aromatic nitrogens is 1. The minimum atomic E-state index is 0.121. The van der Waals surface area contributed by atoms with Crippen molar-refractivity contribution < 1.29 is 14.3 Å². The highest BCUT2D eigenvalue weighted by molar-refractivity contribution is 5.85. The molecule has 0 aliphatic carbocycles. The Morgan fingerprint density at radius 3 is 2.84 bits per heavy atom. The number of piperidine rings is 1. The summed E-state index contributed by atoms with van der Waals surface area (Å²) in [5, 5.41) is 4.05. The molecule has 0 bridgehead atoms. The topological polar surface area (TPSA) is 63.7 Å². The van der Waals surface area contributed by atoms with Gasteiger partial charge < -0.3 is 19.7 Å². The summed E-state index contributed by atoms with van der Waals surface area (Å²) in [6.45, 7) is 6.53. The normalized spacial score (nSPS) is 15.2. The van der Waals surface area contributed by atoms with Crippen LogP contribution in [-0.2, 0) is 16.0 Å².